The fraction of sp³-hybridized carbons (Fsp3) is 0.438. The van der Waals surface area contributed by atoms with E-state index < -0.39 is 17.2 Å². The van der Waals surface area contributed by atoms with E-state index in [4.69, 9.17) is 5.73 Å². The molecule has 1 fully saturated rings. The Labute approximate surface area is 127 Å². The van der Waals surface area contributed by atoms with Crippen molar-refractivity contribution in [3.63, 3.8) is 0 Å². The molecule has 21 heavy (non-hydrogen) atoms. The normalized spacial score (nSPS) is 26.0. The minimum Gasteiger partial charge on any atom is -0.319 e. The molecule has 2 N–H and O–H groups in total. The molecule has 0 amide bonds. The van der Waals surface area contributed by atoms with Crippen LogP contribution in [0.15, 0.2) is 23.6 Å². The van der Waals surface area contributed by atoms with Crippen molar-refractivity contribution in [3.05, 3.63) is 40.2 Å². The number of benzene rings is 1. The van der Waals surface area contributed by atoms with Gasteiger partial charge in [0, 0.05) is 17.0 Å². The van der Waals surface area contributed by atoms with Crippen molar-refractivity contribution in [2.75, 3.05) is 0 Å². The summed E-state index contributed by atoms with van der Waals surface area (Å²) >= 11 is 1.47. The summed E-state index contributed by atoms with van der Waals surface area (Å²) in [4.78, 5) is 4.53. The number of halogens is 2. The molecule has 0 bridgehead atoms. The number of nitrogens with zero attached hydrogens (tertiary/aromatic N) is 1. The van der Waals surface area contributed by atoms with Gasteiger partial charge in [-0.1, -0.05) is 19.8 Å². The molecule has 1 aromatic heterocycles. The van der Waals surface area contributed by atoms with Crippen LogP contribution in [0.4, 0.5) is 8.78 Å². The lowest BCUT2D eigenvalue weighted by molar-refractivity contribution is 0.238. The van der Waals surface area contributed by atoms with E-state index >= 15 is 0 Å². The van der Waals surface area contributed by atoms with E-state index in [-0.39, 0.29) is 0 Å². The van der Waals surface area contributed by atoms with Gasteiger partial charge in [0.25, 0.3) is 0 Å². The van der Waals surface area contributed by atoms with Crippen molar-refractivity contribution in [3.8, 4) is 11.3 Å². The molecular weight excluding hydrogens is 290 g/mol. The largest absolute Gasteiger partial charge is 0.319 e. The third kappa shape index (κ3) is 2.85. The van der Waals surface area contributed by atoms with Crippen LogP contribution in [0.1, 0.15) is 37.6 Å². The first-order valence-corrected chi connectivity index (χ1v) is 8.06. The molecule has 0 saturated heterocycles. The first-order chi connectivity index (χ1) is 9.98. The van der Waals surface area contributed by atoms with E-state index in [1.54, 1.807) is 5.38 Å². The summed E-state index contributed by atoms with van der Waals surface area (Å²) in [6.07, 6.45) is 4.11. The molecule has 1 aliphatic carbocycles. The van der Waals surface area contributed by atoms with Gasteiger partial charge < -0.3 is 5.73 Å². The first kappa shape index (κ1) is 14.6. The van der Waals surface area contributed by atoms with Crippen LogP contribution in [0.2, 0.25) is 0 Å². The lowest BCUT2D eigenvalue weighted by Crippen LogP contribution is -2.40. The average molecular weight is 308 g/mol. The summed E-state index contributed by atoms with van der Waals surface area (Å²) in [5.41, 5.74) is 6.98. The van der Waals surface area contributed by atoms with Gasteiger partial charge in [0.05, 0.1) is 11.2 Å². The Morgan fingerprint density at radius 3 is 2.90 bits per heavy atom. The smallest absolute Gasteiger partial charge is 0.135 e. The van der Waals surface area contributed by atoms with Gasteiger partial charge in [0.15, 0.2) is 0 Å². The Morgan fingerprint density at radius 2 is 2.19 bits per heavy atom. The third-order valence-electron chi connectivity index (χ3n) is 4.17. The van der Waals surface area contributed by atoms with Crippen LogP contribution in [0.5, 0.6) is 0 Å². The number of hydrogen-bond donors (Lipinski definition) is 1. The monoisotopic (exact) mass is 308 g/mol. The molecule has 112 valence electrons. The minimum atomic E-state index is -0.588. The maximum atomic E-state index is 13.8. The zero-order chi connectivity index (χ0) is 15.0. The predicted molar refractivity (Wildman–Crippen MR) is 81.0 cm³/mol. The molecule has 2 atom stereocenters. The standard InChI is InChI=1S/C16H18F2N2S/c1-10-3-2-6-16(19,8-10)15-20-14(9-21-15)12-5-4-11(17)7-13(12)18/h4-5,7,9-10H,2-3,6,8,19H2,1H3. The van der Waals surface area contributed by atoms with Crippen LogP contribution in [0.3, 0.4) is 0 Å². The van der Waals surface area contributed by atoms with Gasteiger partial charge in [-0.15, -0.1) is 11.3 Å². The number of aromatic nitrogens is 1. The fourth-order valence-corrected chi connectivity index (χ4v) is 4.08. The molecule has 0 aliphatic heterocycles. The molecule has 1 aromatic carbocycles. The van der Waals surface area contributed by atoms with Crippen molar-refractivity contribution in [2.24, 2.45) is 11.7 Å². The van der Waals surface area contributed by atoms with Crippen molar-refractivity contribution < 1.29 is 8.78 Å². The molecule has 0 spiro atoms. The highest BCUT2D eigenvalue weighted by molar-refractivity contribution is 7.10. The van der Waals surface area contributed by atoms with Crippen molar-refractivity contribution in [1.82, 2.24) is 4.98 Å². The number of rotatable bonds is 2. The molecule has 1 aliphatic rings. The Balaban J connectivity index is 1.92. The third-order valence-corrected chi connectivity index (χ3v) is 5.23. The molecule has 5 heteroatoms. The lowest BCUT2D eigenvalue weighted by atomic mass is 9.77. The lowest BCUT2D eigenvalue weighted by Gasteiger charge is -2.35. The second-order valence-corrected chi connectivity index (χ2v) is 6.88. The second-order valence-electron chi connectivity index (χ2n) is 6.02. The average Bonchev–Trinajstić information content (AvgIpc) is 2.88. The zero-order valence-corrected chi connectivity index (χ0v) is 12.7. The number of nitrogens with two attached hydrogens (primary N) is 1. The topological polar surface area (TPSA) is 38.9 Å². The van der Waals surface area contributed by atoms with Gasteiger partial charge in [-0.2, -0.15) is 0 Å². The molecule has 2 unspecified atom stereocenters. The molecule has 2 nitrogen and oxygen atoms in total. The first-order valence-electron chi connectivity index (χ1n) is 7.18. The van der Waals surface area contributed by atoms with E-state index in [1.165, 1.54) is 29.9 Å². The zero-order valence-electron chi connectivity index (χ0n) is 11.9. The van der Waals surface area contributed by atoms with Crippen molar-refractivity contribution >= 4 is 11.3 Å². The van der Waals surface area contributed by atoms with E-state index in [0.29, 0.717) is 17.2 Å². The predicted octanol–water partition coefficient (Wildman–Crippen LogP) is 4.45. The van der Waals surface area contributed by atoms with Crippen LogP contribution < -0.4 is 5.73 Å². The molecule has 1 saturated carbocycles. The summed E-state index contributed by atoms with van der Waals surface area (Å²) in [7, 11) is 0. The van der Waals surface area contributed by atoms with Crippen LogP contribution in [0.25, 0.3) is 11.3 Å². The van der Waals surface area contributed by atoms with E-state index in [9.17, 15) is 8.78 Å². The number of thiazole rings is 1. The summed E-state index contributed by atoms with van der Waals surface area (Å²) in [5.74, 6) is -0.586. The highest BCUT2D eigenvalue weighted by Gasteiger charge is 2.35. The van der Waals surface area contributed by atoms with Crippen LogP contribution in [-0.4, -0.2) is 4.98 Å². The van der Waals surface area contributed by atoms with E-state index in [0.717, 1.165) is 30.3 Å². The van der Waals surface area contributed by atoms with Gasteiger partial charge in [-0.3, -0.25) is 0 Å². The quantitative estimate of drug-likeness (QED) is 0.890. The Morgan fingerprint density at radius 1 is 1.38 bits per heavy atom. The Kier molecular flexibility index (Phi) is 3.80. The Bertz CT molecular complexity index is 655. The fourth-order valence-electron chi connectivity index (χ4n) is 3.11. The van der Waals surface area contributed by atoms with Crippen molar-refractivity contribution in [2.45, 2.75) is 38.1 Å². The highest BCUT2D eigenvalue weighted by atomic mass is 32.1. The highest BCUT2D eigenvalue weighted by Crippen LogP contribution is 2.40. The second kappa shape index (κ2) is 5.46. The maximum Gasteiger partial charge on any atom is 0.135 e. The molecule has 2 aromatic rings. The summed E-state index contributed by atoms with van der Waals surface area (Å²) < 4.78 is 26.8. The van der Waals surface area contributed by atoms with E-state index in [2.05, 4.69) is 11.9 Å². The number of hydrogen-bond acceptors (Lipinski definition) is 3. The molecule has 3 rings (SSSR count). The maximum absolute atomic E-state index is 13.8. The van der Waals surface area contributed by atoms with Gasteiger partial charge in [-0.05, 0) is 30.9 Å². The van der Waals surface area contributed by atoms with Crippen LogP contribution >= 0.6 is 11.3 Å². The summed E-state index contributed by atoms with van der Waals surface area (Å²) in [6, 6.07) is 3.56. The minimum absolute atomic E-state index is 0.325. The molecular formula is C16H18F2N2S. The SMILES string of the molecule is CC1CCCC(N)(c2nc(-c3ccc(F)cc3F)cs2)C1. The summed E-state index contributed by atoms with van der Waals surface area (Å²) in [6.45, 7) is 2.20. The van der Waals surface area contributed by atoms with Crippen LogP contribution in [-0.2, 0) is 5.54 Å². The van der Waals surface area contributed by atoms with Gasteiger partial charge in [0.1, 0.15) is 16.6 Å². The molecule has 1 heterocycles. The van der Waals surface area contributed by atoms with Gasteiger partial charge in [0.2, 0.25) is 0 Å². The van der Waals surface area contributed by atoms with Crippen molar-refractivity contribution in [1.29, 1.82) is 0 Å². The summed E-state index contributed by atoms with van der Waals surface area (Å²) in [5, 5.41) is 2.66. The molecule has 0 radical (unpaired) electrons. The van der Waals surface area contributed by atoms with Gasteiger partial charge >= 0.3 is 0 Å². The van der Waals surface area contributed by atoms with E-state index in [1.807, 2.05) is 0 Å². The van der Waals surface area contributed by atoms with Gasteiger partial charge in [-0.25, -0.2) is 13.8 Å². The van der Waals surface area contributed by atoms with Crippen LogP contribution in [0, 0.1) is 17.6 Å². The Hall–Kier alpha value is -1.33.